The highest BCUT2D eigenvalue weighted by molar-refractivity contribution is 7.46. The van der Waals surface area contributed by atoms with E-state index in [1.54, 1.807) is 25.2 Å². The van der Waals surface area contributed by atoms with Gasteiger partial charge < -0.3 is 20.4 Å². The summed E-state index contributed by atoms with van der Waals surface area (Å²) in [5.74, 6) is -0.268. The summed E-state index contributed by atoms with van der Waals surface area (Å²) in [4.78, 5) is 43.8. The van der Waals surface area contributed by atoms with Crippen molar-refractivity contribution in [1.29, 1.82) is 0 Å². The lowest BCUT2D eigenvalue weighted by Gasteiger charge is -2.21. The molecule has 0 saturated carbocycles. The second kappa shape index (κ2) is 18.6. The molecule has 0 aromatic heterocycles. The van der Waals surface area contributed by atoms with Gasteiger partial charge >= 0.3 is 7.82 Å². The van der Waals surface area contributed by atoms with Crippen LogP contribution < -0.4 is 10.6 Å². The summed E-state index contributed by atoms with van der Waals surface area (Å²) in [6, 6.07) is 4.82. The number of likely N-dealkylation sites (N-methyl/N-ethyl adjacent to an activating group) is 1. The van der Waals surface area contributed by atoms with Crippen LogP contribution >= 0.6 is 7.82 Å². The summed E-state index contributed by atoms with van der Waals surface area (Å²) >= 11 is 0. The molecule has 4 N–H and O–H groups in total. The summed E-state index contributed by atoms with van der Waals surface area (Å²) in [6.07, 6.45) is 13.7. The van der Waals surface area contributed by atoms with E-state index in [4.69, 9.17) is 4.52 Å². The zero-order chi connectivity index (χ0) is 26.8. The lowest BCUT2D eigenvalue weighted by atomic mass is 9.96. The van der Waals surface area contributed by atoms with E-state index in [2.05, 4.69) is 17.6 Å². The second-order valence-electron chi connectivity index (χ2n) is 9.45. The molecule has 0 radical (unpaired) electrons. The highest BCUT2D eigenvalue weighted by Gasteiger charge is 2.27. The third-order valence-corrected chi connectivity index (χ3v) is 6.65. The summed E-state index contributed by atoms with van der Waals surface area (Å²) < 4.78 is 16.4. The van der Waals surface area contributed by atoms with E-state index in [-0.39, 0.29) is 24.7 Å². The van der Waals surface area contributed by atoms with Crippen molar-refractivity contribution in [3.8, 4) is 0 Å². The fourth-order valence-corrected chi connectivity index (χ4v) is 4.77. The maximum absolute atomic E-state index is 12.8. The number of carbonyl (C=O) groups excluding carboxylic acids is 2. The minimum absolute atomic E-state index is 0.106. The molecule has 0 aliphatic carbocycles. The Kier molecular flexibility index (Phi) is 16.8. The van der Waals surface area contributed by atoms with Crippen molar-refractivity contribution in [1.82, 2.24) is 5.32 Å². The average molecular weight is 527 g/mol. The first kappa shape index (κ1) is 32.5. The molecule has 0 heterocycles. The summed E-state index contributed by atoms with van der Waals surface area (Å²) in [7, 11) is -3.14. The normalized spacial score (nSPS) is 12.5. The fourth-order valence-electron chi connectivity index (χ4n) is 4.25. The molecule has 0 saturated heterocycles. The van der Waals surface area contributed by atoms with Crippen LogP contribution in [0.1, 0.15) is 126 Å². The summed E-state index contributed by atoms with van der Waals surface area (Å²) in [5.41, 5.74) is 1.18. The van der Waals surface area contributed by atoms with E-state index in [1.165, 1.54) is 51.4 Å². The number of hydrogen-bond acceptors (Lipinski definition) is 5. The molecule has 0 fully saturated rings. The van der Waals surface area contributed by atoms with Crippen molar-refractivity contribution in [2.24, 2.45) is 0 Å². The molecule has 206 valence electrons. The van der Waals surface area contributed by atoms with Crippen LogP contribution in [0.4, 0.5) is 5.69 Å². The quantitative estimate of drug-likeness (QED) is 0.0800. The molecule has 0 aliphatic rings. The molecule has 0 bridgehead atoms. The standard InChI is InChI=1S/C27H47N2O6P/c1-4-6-7-8-9-10-11-12-13-14-15-17-27(31)29-22-18-19-23(24(20-22)25(30)16-5-2)26(21-28-3)35-36(32,33)34/h18-20,26,28H,4-17,21H2,1-3H3,(H,29,31)(H2,32,33,34). The molecule has 1 atom stereocenters. The van der Waals surface area contributed by atoms with Crippen LogP contribution in [0.2, 0.25) is 0 Å². The van der Waals surface area contributed by atoms with Gasteiger partial charge in [0, 0.05) is 30.6 Å². The molecule has 9 heteroatoms. The number of hydrogen-bond donors (Lipinski definition) is 4. The van der Waals surface area contributed by atoms with Gasteiger partial charge in [-0.25, -0.2) is 4.57 Å². The Hall–Kier alpha value is -1.57. The second-order valence-corrected chi connectivity index (χ2v) is 10.6. The number of carbonyl (C=O) groups is 2. The molecule has 36 heavy (non-hydrogen) atoms. The van der Waals surface area contributed by atoms with Crippen LogP contribution in [0.15, 0.2) is 18.2 Å². The molecule has 1 unspecified atom stereocenters. The van der Waals surface area contributed by atoms with Crippen molar-refractivity contribution in [2.75, 3.05) is 18.9 Å². The largest absolute Gasteiger partial charge is 0.470 e. The number of unbranched alkanes of at least 4 members (excludes halogenated alkanes) is 10. The zero-order valence-corrected chi connectivity index (χ0v) is 23.3. The van der Waals surface area contributed by atoms with Gasteiger partial charge in [0.1, 0.15) is 6.10 Å². The Morgan fingerprint density at radius 3 is 2.00 bits per heavy atom. The zero-order valence-electron chi connectivity index (χ0n) is 22.4. The first-order chi connectivity index (χ1) is 17.2. The van der Waals surface area contributed by atoms with E-state index >= 15 is 0 Å². The Balaban J connectivity index is 2.61. The molecule has 1 aromatic carbocycles. The number of amides is 1. The van der Waals surface area contributed by atoms with Gasteiger partial charge in [-0.1, -0.05) is 84.1 Å². The number of Topliss-reactive ketones (excluding diaryl/α,β-unsaturated/α-hetero) is 1. The SMILES string of the molecule is CCCCCCCCCCCCCC(=O)Nc1ccc(C(CNC)OP(=O)(O)O)c(C(=O)CCC)c1. The van der Waals surface area contributed by atoms with Gasteiger partial charge in [-0.2, -0.15) is 0 Å². The number of ketones is 1. The maximum Gasteiger partial charge on any atom is 0.470 e. The fraction of sp³-hybridized carbons (Fsp3) is 0.704. The summed E-state index contributed by atoms with van der Waals surface area (Å²) in [6.45, 7) is 4.23. The van der Waals surface area contributed by atoms with Gasteiger partial charge in [0.25, 0.3) is 0 Å². The van der Waals surface area contributed by atoms with Gasteiger partial charge in [0.15, 0.2) is 5.78 Å². The number of rotatable bonds is 21. The Bertz CT molecular complexity index is 826. The smallest absolute Gasteiger partial charge is 0.326 e. The van der Waals surface area contributed by atoms with Crippen LogP contribution in [0, 0.1) is 0 Å². The molecule has 1 aromatic rings. The van der Waals surface area contributed by atoms with Crippen LogP contribution in [0.25, 0.3) is 0 Å². The van der Waals surface area contributed by atoms with Crippen molar-refractivity contribution < 1.29 is 28.5 Å². The topological polar surface area (TPSA) is 125 Å². The third kappa shape index (κ3) is 14.2. The minimum Gasteiger partial charge on any atom is -0.326 e. The van der Waals surface area contributed by atoms with Crippen molar-refractivity contribution in [3.05, 3.63) is 29.3 Å². The molecule has 0 spiro atoms. The van der Waals surface area contributed by atoms with Crippen LogP contribution in [-0.4, -0.2) is 35.1 Å². The van der Waals surface area contributed by atoms with Gasteiger partial charge in [-0.05, 0) is 37.6 Å². The lowest BCUT2D eigenvalue weighted by Crippen LogP contribution is -2.21. The van der Waals surface area contributed by atoms with Crippen molar-refractivity contribution in [2.45, 2.75) is 110 Å². The molecule has 1 amide bonds. The number of phosphoric acid groups is 1. The third-order valence-electron chi connectivity index (χ3n) is 6.12. The van der Waals surface area contributed by atoms with Gasteiger partial charge in [0.05, 0.1) is 0 Å². The summed E-state index contributed by atoms with van der Waals surface area (Å²) in [5, 5.41) is 5.70. The average Bonchev–Trinajstić information content (AvgIpc) is 2.81. The molecular weight excluding hydrogens is 479 g/mol. The lowest BCUT2D eigenvalue weighted by molar-refractivity contribution is -0.116. The van der Waals surface area contributed by atoms with E-state index < -0.39 is 13.9 Å². The highest BCUT2D eigenvalue weighted by atomic mass is 31.2. The van der Waals surface area contributed by atoms with E-state index in [0.717, 1.165) is 19.3 Å². The van der Waals surface area contributed by atoms with Crippen LogP contribution in [0.5, 0.6) is 0 Å². The van der Waals surface area contributed by atoms with Gasteiger partial charge in [-0.15, -0.1) is 0 Å². The van der Waals surface area contributed by atoms with Crippen molar-refractivity contribution in [3.63, 3.8) is 0 Å². The van der Waals surface area contributed by atoms with Gasteiger partial charge in [0.2, 0.25) is 5.91 Å². The predicted molar refractivity (Wildman–Crippen MR) is 145 cm³/mol. The monoisotopic (exact) mass is 526 g/mol. The van der Waals surface area contributed by atoms with Crippen LogP contribution in [0.3, 0.4) is 0 Å². The van der Waals surface area contributed by atoms with E-state index in [1.807, 2.05) is 6.92 Å². The Labute approximate surface area is 217 Å². The van der Waals surface area contributed by atoms with Gasteiger partial charge in [-0.3, -0.25) is 14.1 Å². The number of phosphoric ester groups is 1. The molecular formula is C27H47N2O6P. The highest BCUT2D eigenvalue weighted by Crippen LogP contribution is 2.43. The minimum atomic E-state index is -4.77. The van der Waals surface area contributed by atoms with Crippen molar-refractivity contribution >= 4 is 25.2 Å². The Morgan fingerprint density at radius 1 is 0.889 bits per heavy atom. The van der Waals surface area contributed by atoms with Crippen LogP contribution in [-0.2, 0) is 13.9 Å². The maximum atomic E-state index is 12.8. The molecule has 8 nitrogen and oxygen atoms in total. The predicted octanol–water partition coefficient (Wildman–Crippen LogP) is 6.68. The molecule has 1 rings (SSSR count). The van der Waals surface area contributed by atoms with E-state index in [0.29, 0.717) is 29.7 Å². The number of nitrogens with one attached hydrogen (secondary N) is 2. The number of anilines is 1. The Morgan fingerprint density at radius 2 is 1.47 bits per heavy atom. The number of benzene rings is 1. The molecule has 0 aliphatic heterocycles. The first-order valence-corrected chi connectivity index (χ1v) is 15.1. The van der Waals surface area contributed by atoms with E-state index in [9.17, 15) is 23.9 Å². The first-order valence-electron chi connectivity index (χ1n) is 13.6.